The van der Waals surface area contributed by atoms with E-state index in [0.29, 0.717) is 10.7 Å². The average Bonchev–Trinajstić information content (AvgIpc) is 3.13. The van der Waals surface area contributed by atoms with Gasteiger partial charge in [0.1, 0.15) is 17.9 Å². The first-order valence-electron chi connectivity index (χ1n) is 8.49. The molecule has 0 fully saturated rings. The van der Waals surface area contributed by atoms with Crippen LogP contribution in [0.3, 0.4) is 0 Å². The molecule has 0 aliphatic heterocycles. The molecule has 2 N–H and O–H groups in total. The zero-order valence-electron chi connectivity index (χ0n) is 15.4. The minimum Gasteiger partial charge on any atom is -0.324 e. The Kier molecular flexibility index (Phi) is 6.48. The molecule has 2 heterocycles. The molecule has 2 aromatic heterocycles. The summed E-state index contributed by atoms with van der Waals surface area (Å²) in [6.07, 6.45) is -3.45. The van der Waals surface area contributed by atoms with Crippen molar-refractivity contribution in [3.63, 3.8) is 0 Å². The van der Waals surface area contributed by atoms with Gasteiger partial charge in [0.2, 0.25) is 11.9 Å². The van der Waals surface area contributed by atoms with Gasteiger partial charge in [0.25, 0.3) is 22.9 Å². The number of amides is 1. The number of halogens is 4. The summed E-state index contributed by atoms with van der Waals surface area (Å²) >= 11 is 0. The number of alkyl halides is 4. The summed E-state index contributed by atoms with van der Waals surface area (Å²) in [6.45, 7) is -0.737. The summed E-state index contributed by atoms with van der Waals surface area (Å²) in [4.78, 5) is 19.5. The van der Waals surface area contributed by atoms with Crippen molar-refractivity contribution in [2.24, 2.45) is 0 Å². The Labute approximate surface area is 173 Å². The van der Waals surface area contributed by atoms with Gasteiger partial charge >= 0.3 is 0 Å². The van der Waals surface area contributed by atoms with Gasteiger partial charge in [-0.2, -0.15) is 5.10 Å². The fourth-order valence-corrected chi connectivity index (χ4v) is 3.40. The van der Waals surface area contributed by atoms with Gasteiger partial charge in [-0.25, -0.2) is 40.7 Å². The van der Waals surface area contributed by atoms with Gasteiger partial charge in [-0.05, 0) is 36.4 Å². The molecule has 9 nitrogen and oxygen atoms in total. The van der Waals surface area contributed by atoms with E-state index in [4.69, 9.17) is 0 Å². The van der Waals surface area contributed by atoms with Crippen LogP contribution in [0.2, 0.25) is 0 Å². The summed E-state index contributed by atoms with van der Waals surface area (Å²) in [6, 6.07) is 6.95. The van der Waals surface area contributed by atoms with Crippen molar-refractivity contribution in [3.8, 4) is 0 Å². The predicted molar refractivity (Wildman–Crippen MR) is 100 cm³/mol. The van der Waals surface area contributed by atoms with Crippen molar-refractivity contribution in [2.45, 2.75) is 24.3 Å². The minimum atomic E-state index is -3.98. The summed E-state index contributed by atoms with van der Waals surface area (Å²) in [5, 5.41) is 5.68. The number of nitrogens with one attached hydrogen (secondary N) is 2. The molecule has 3 aromatic rings. The number of carbonyl (C=O) groups is 1. The lowest BCUT2D eigenvalue weighted by Crippen LogP contribution is -2.21. The Morgan fingerprint density at radius 3 is 2.26 bits per heavy atom. The molecule has 0 radical (unpaired) electrons. The van der Waals surface area contributed by atoms with Gasteiger partial charge in [0.15, 0.2) is 0 Å². The lowest BCUT2D eigenvalue weighted by atomic mass is 10.3. The Morgan fingerprint density at radius 2 is 1.68 bits per heavy atom. The van der Waals surface area contributed by atoms with E-state index >= 15 is 0 Å². The Morgan fingerprint density at radius 1 is 1.03 bits per heavy atom. The fraction of sp³-hybridized carbons (Fsp3) is 0.176. The van der Waals surface area contributed by atoms with E-state index in [1.165, 1.54) is 42.7 Å². The number of rotatable bonds is 8. The summed E-state index contributed by atoms with van der Waals surface area (Å²) in [7, 11) is -3.98. The second-order valence-electron chi connectivity index (χ2n) is 6.00. The first kappa shape index (κ1) is 22.1. The number of benzene rings is 1. The van der Waals surface area contributed by atoms with E-state index < -0.39 is 46.7 Å². The van der Waals surface area contributed by atoms with Crippen LogP contribution in [0.25, 0.3) is 0 Å². The van der Waals surface area contributed by atoms with Crippen molar-refractivity contribution in [3.05, 3.63) is 60.2 Å². The Balaban J connectivity index is 1.68. The summed E-state index contributed by atoms with van der Waals surface area (Å²) in [5.74, 6) is -0.950. The quantitative estimate of drug-likeness (QED) is 0.501. The number of carbonyl (C=O) groups excluding carboxylic acids is 1. The SMILES string of the molecule is O=C(Cn1nc(C(F)F)cc1C(F)F)Nc1ccc(S(=O)(=O)Nc2ncccn2)cc1. The number of aromatic nitrogens is 4. The molecule has 0 saturated carbocycles. The van der Waals surface area contributed by atoms with Crippen LogP contribution >= 0.6 is 0 Å². The van der Waals surface area contributed by atoms with Gasteiger partial charge in [0.05, 0.1) is 4.90 Å². The van der Waals surface area contributed by atoms with Gasteiger partial charge in [-0.1, -0.05) is 0 Å². The average molecular weight is 458 g/mol. The second-order valence-corrected chi connectivity index (χ2v) is 7.69. The molecule has 31 heavy (non-hydrogen) atoms. The molecule has 0 spiro atoms. The highest BCUT2D eigenvalue weighted by molar-refractivity contribution is 7.92. The third kappa shape index (κ3) is 5.53. The highest BCUT2D eigenvalue weighted by atomic mass is 32.2. The first-order chi connectivity index (χ1) is 14.7. The van der Waals surface area contributed by atoms with Gasteiger partial charge in [-0.3, -0.25) is 9.48 Å². The molecular formula is C17H14F4N6O3S. The second kappa shape index (κ2) is 9.07. The maximum absolute atomic E-state index is 13.0. The Bertz CT molecular complexity index is 1150. The van der Waals surface area contributed by atoms with E-state index in [2.05, 4.69) is 25.1 Å². The molecule has 1 amide bonds. The van der Waals surface area contributed by atoms with Crippen molar-refractivity contribution < 1.29 is 30.8 Å². The highest BCUT2D eigenvalue weighted by Crippen LogP contribution is 2.25. The van der Waals surface area contributed by atoms with Gasteiger partial charge < -0.3 is 5.32 Å². The number of nitrogens with zero attached hydrogens (tertiary/aromatic N) is 4. The van der Waals surface area contributed by atoms with E-state index in [-0.39, 0.29) is 16.5 Å². The van der Waals surface area contributed by atoms with E-state index in [0.717, 1.165) is 0 Å². The molecule has 0 atom stereocenters. The normalized spacial score (nSPS) is 11.7. The molecule has 14 heteroatoms. The molecule has 3 rings (SSSR count). The van der Waals surface area contributed by atoms with Crippen molar-refractivity contribution in [2.75, 3.05) is 10.0 Å². The van der Waals surface area contributed by atoms with Gasteiger partial charge in [-0.15, -0.1) is 0 Å². The maximum Gasteiger partial charge on any atom is 0.282 e. The molecule has 164 valence electrons. The molecule has 1 aromatic carbocycles. The van der Waals surface area contributed by atoms with Crippen molar-refractivity contribution in [1.29, 1.82) is 0 Å². The largest absolute Gasteiger partial charge is 0.324 e. The molecule has 0 unspecified atom stereocenters. The lowest BCUT2D eigenvalue weighted by Gasteiger charge is -2.09. The third-order valence-electron chi connectivity index (χ3n) is 3.81. The third-order valence-corrected chi connectivity index (χ3v) is 5.15. The predicted octanol–water partition coefficient (Wildman–Crippen LogP) is 2.99. The monoisotopic (exact) mass is 458 g/mol. The van der Waals surface area contributed by atoms with Crippen LogP contribution < -0.4 is 10.0 Å². The topological polar surface area (TPSA) is 119 Å². The zero-order valence-corrected chi connectivity index (χ0v) is 16.2. The van der Waals surface area contributed by atoms with Crippen LogP contribution in [-0.2, 0) is 21.4 Å². The highest BCUT2D eigenvalue weighted by Gasteiger charge is 2.22. The van der Waals surface area contributed by atoms with Crippen molar-refractivity contribution in [1.82, 2.24) is 19.7 Å². The maximum atomic E-state index is 13.0. The Hall–Kier alpha value is -3.55. The zero-order chi connectivity index (χ0) is 22.6. The number of sulfonamides is 1. The standard InChI is InChI=1S/C17H14F4N6O3S/c18-15(19)12-8-13(16(20)21)27(25-12)9-14(28)24-10-2-4-11(5-3-10)31(29,30)26-17-22-6-1-7-23-17/h1-8,15-16H,9H2,(H,24,28)(H,22,23,26). The summed E-state index contributed by atoms with van der Waals surface area (Å²) < 4.78 is 78.7. The molecular weight excluding hydrogens is 444 g/mol. The lowest BCUT2D eigenvalue weighted by molar-refractivity contribution is -0.117. The first-order valence-corrected chi connectivity index (χ1v) is 9.98. The number of anilines is 2. The van der Waals surface area contributed by atoms with Crippen LogP contribution in [0.4, 0.5) is 29.2 Å². The van der Waals surface area contributed by atoms with Crippen LogP contribution in [0, 0.1) is 0 Å². The molecule has 0 bridgehead atoms. The van der Waals surface area contributed by atoms with Crippen molar-refractivity contribution >= 4 is 27.6 Å². The molecule has 0 aliphatic carbocycles. The van der Waals surface area contributed by atoms with Gasteiger partial charge in [0, 0.05) is 18.1 Å². The van der Waals surface area contributed by atoms with E-state index in [1.807, 2.05) is 0 Å². The summed E-state index contributed by atoms with van der Waals surface area (Å²) in [5.41, 5.74) is -1.53. The van der Waals surface area contributed by atoms with Crippen LogP contribution in [-0.4, -0.2) is 34.1 Å². The number of hydrogen-bond acceptors (Lipinski definition) is 6. The fourth-order valence-electron chi connectivity index (χ4n) is 2.45. The molecule has 0 aliphatic rings. The smallest absolute Gasteiger partial charge is 0.282 e. The van der Waals surface area contributed by atoms with E-state index in [1.54, 1.807) is 0 Å². The van der Waals surface area contributed by atoms with E-state index in [9.17, 15) is 30.8 Å². The van der Waals surface area contributed by atoms with Crippen LogP contribution in [0.15, 0.2) is 53.7 Å². The molecule has 0 saturated heterocycles. The number of hydrogen-bond donors (Lipinski definition) is 2. The minimum absolute atomic E-state index is 0.128. The van der Waals surface area contributed by atoms with Crippen LogP contribution in [0.1, 0.15) is 24.2 Å². The van der Waals surface area contributed by atoms with Crippen LogP contribution in [0.5, 0.6) is 0 Å².